The number of rotatable bonds is 4. The number of morpholine rings is 1. The van der Waals surface area contributed by atoms with E-state index in [1.165, 1.54) is 0 Å². The van der Waals surface area contributed by atoms with Crippen molar-refractivity contribution in [2.75, 3.05) is 31.6 Å². The van der Waals surface area contributed by atoms with Gasteiger partial charge in [0.15, 0.2) is 11.4 Å². The summed E-state index contributed by atoms with van der Waals surface area (Å²) in [7, 11) is 0. The van der Waals surface area contributed by atoms with Crippen molar-refractivity contribution in [3.05, 3.63) is 36.2 Å². The number of furan rings is 1. The van der Waals surface area contributed by atoms with Crippen LogP contribution in [0.1, 0.15) is 5.56 Å². The van der Waals surface area contributed by atoms with E-state index in [0.29, 0.717) is 41.6 Å². The van der Waals surface area contributed by atoms with E-state index in [4.69, 9.17) is 9.15 Å². The number of nitriles is 1. The van der Waals surface area contributed by atoms with Gasteiger partial charge in [-0.1, -0.05) is 0 Å². The zero-order chi connectivity index (χ0) is 16.4. The molecule has 0 unspecified atom stereocenters. The second-order valence-electron chi connectivity index (χ2n) is 5.47. The molecule has 0 aliphatic carbocycles. The highest BCUT2D eigenvalue weighted by Gasteiger charge is 2.18. The van der Waals surface area contributed by atoms with E-state index in [0.717, 1.165) is 13.1 Å². The van der Waals surface area contributed by atoms with Crippen LogP contribution in [0.5, 0.6) is 0 Å². The van der Waals surface area contributed by atoms with Crippen LogP contribution >= 0.6 is 0 Å². The number of nitrogens with zero attached hydrogens (tertiary/aromatic N) is 4. The molecule has 8 nitrogen and oxygen atoms in total. The molecule has 3 aromatic heterocycles. The molecule has 1 saturated heterocycles. The summed E-state index contributed by atoms with van der Waals surface area (Å²) in [5.41, 5.74) is 1.38. The fourth-order valence-corrected chi connectivity index (χ4v) is 2.69. The van der Waals surface area contributed by atoms with Crippen molar-refractivity contribution in [2.24, 2.45) is 0 Å². The van der Waals surface area contributed by atoms with Gasteiger partial charge < -0.3 is 19.8 Å². The zero-order valence-electron chi connectivity index (χ0n) is 12.9. The number of aromatic nitrogens is 3. The molecule has 1 aliphatic heterocycles. The molecule has 0 radical (unpaired) electrons. The van der Waals surface area contributed by atoms with Crippen LogP contribution in [0, 0.1) is 11.3 Å². The molecule has 8 heteroatoms. The zero-order valence-corrected chi connectivity index (χ0v) is 12.9. The molecule has 122 valence electrons. The summed E-state index contributed by atoms with van der Waals surface area (Å²) < 4.78 is 12.6. The molecule has 0 amide bonds. The van der Waals surface area contributed by atoms with Gasteiger partial charge in [0.05, 0.1) is 19.0 Å². The average Bonchev–Trinajstić information content (AvgIpc) is 3.27. The quantitative estimate of drug-likeness (QED) is 0.745. The van der Waals surface area contributed by atoms with Crippen molar-refractivity contribution in [3.63, 3.8) is 0 Å². The van der Waals surface area contributed by atoms with Gasteiger partial charge in [0, 0.05) is 25.8 Å². The molecule has 0 bridgehead atoms. The van der Waals surface area contributed by atoms with E-state index in [1.807, 2.05) is 6.07 Å². The normalized spacial score (nSPS) is 17.7. The average molecular weight is 324 g/mol. The maximum Gasteiger partial charge on any atom is 0.175 e. The Hall–Kier alpha value is -2.89. The van der Waals surface area contributed by atoms with Crippen molar-refractivity contribution in [1.82, 2.24) is 19.9 Å². The molecule has 24 heavy (non-hydrogen) atoms. The molecule has 4 heterocycles. The molecule has 1 atom stereocenters. The molecular formula is C16H16N6O2. The van der Waals surface area contributed by atoms with Gasteiger partial charge in [-0.2, -0.15) is 10.4 Å². The Morgan fingerprint density at radius 2 is 2.42 bits per heavy atom. The monoisotopic (exact) mass is 324 g/mol. The lowest BCUT2D eigenvalue weighted by molar-refractivity contribution is 0.0372. The fourth-order valence-electron chi connectivity index (χ4n) is 2.69. The third-order valence-corrected chi connectivity index (χ3v) is 3.87. The topological polar surface area (TPSA) is 100 Å². The van der Waals surface area contributed by atoms with Crippen LogP contribution in [0.15, 0.2) is 35.1 Å². The fraction of sp³-hybridized carbons (Fsp3) is 0.312. The van der Waals surface area contributed by atoms with Crippen LogP contribution in [-0.4, -0.2) is 46.9 Å². The van der Waals surface area contributed by atoms with E-state index in [1.54, 1.807) is 29.1 Å². The summed E-state index contributed by atoms with van der Waals surface area (Å²) in [6, 6.07) is 7.53. The van der Waals surface area contributed by atoms with Crippen molar-refractivity contribution >= 4 is 11.5 Å². The van der Waals surface area contributed by atoms with E-state index < -0.39 is 0 Å². The van der Waals surface area contributed by atoms with Gasteiger partial charge in [-0.15, -0.1) is 0 Å². The third-order valence-electron chi connectivity index (χ3n) is 3.87. The van der Waals surface area contributed by atoms with Crippen LogP contribution in [0.4, 0.5) is 5.82 Å². The number of hydrogen-bond donors (Lipinski definition) is 2. The first kappa shape index (κ1) is 14.7. The van der Waals surface area contributed by atoms with Crippen LogP contribution in [0.2, 0.25) is 0 Å². The lowest BCUT2D eigenvalue weighted by atomic mass is 10.2. The Morgan fingerprint density at radius 1 is 1.46 bits per heavy atom. The summed E-state index contributed by atoms with van der Waals surface area (Å²) in [6.07, 6.45) is 3.44. The van der Waals surface area contributed by atoms with Gasteiger partial charge in [0.1, 0.15) is 23.1 Å². The molecule has 1 fully saturated rings. The molecule has 0 aromatic carbocycles. The van der Waals surface area contributed by atoms with E-state index in [2.05, 4.69) is 26.8 Å². The summed E-state index contributed by atoms with van der Waals surface area (Å²) in [5.74, 6) is 1.23. The summed E-state index contributed by atoms with van der Waals surface area (Å²) in [4.78, 5) is 4.51. The minimum atomic E-state index is 0.107. The maximum absolute atomic E-state index is 9.50. The van der Waals surface area contributed by atoms with Crippen molar-refractivity contribution in [3.8, 4) is 17.5 Å². The summed E-state index contributed by atoms with van der Waals surface area (Å²) in [5, 5.41) is 20.4. The first-order chi connectivity index (χ1) is 11.8. The Bertz CT molecular complexity index is 874. The third kappa shape index (κ3) is 2.71. The predicted molar refractivity (Wildman–Crippen MR) is 86.5 cm³/mol. The Kier molecular flexibility index (Phi) is 3.86. The minimum absolute atomic E-state index is 0.107. The lowest BCUT2D eigenvalue weighted by Crippen LogP contribution is -2.42. The molecule has 0 spiro atoms. The van der Waals surface area contributed by atoms with E-state index in [-0.39, 0.29) is 6.10 Å². The molecule has 0 saturated carbocycles. The standard InChI is InChI=1S/C16H16N6O2/c17-8-12-15(13-2-1-6-24-13)21-22-5-3-14(20-16(12)22)19-10-11-9-18-4-7-23-11/h1-3,5-6,11,18H,4,7,9-10H2,(H,19,20)/t11-/m1/s1. The van der Waals surface area contributed by atoms with Gasteiger partial charge in [-0.25, -0.2) is 9.50 Å². The van der Waals surface area contributed by atoms with Gasteiger partial charge in [0.2, 0.25) is 0 Å². The number of ether oxygens (including phenoxy) is 1. The van der Waals surface area contributed by atoms with E-state index >= 15 is 0 Å². The van der Waals surface area contributed by atoms with Crippen LogP contribution in [0.3, 0.4) is 0 Å². The van der Waals surface area contributed by atoms with Gasteiger partial charge in [-0.05, 0) is 18.2 Å². The molecule has 2 N–H and O–H groups in total. The van der Waals surface area contributed by atoms with Crippen LogP contribution < -0.4 is 10.6 Å². The largest absolute Gasteiger partial charge is 0.463 e. The highest BCUT2D eigenvalue weighted by Crippen LogP contribution is 2.25. The van der Waals surface area contributed by atoms with Crippen LogP contribution in [0.25, 0.3) is 17.1 Å². The van der Waals surface area contributed by atoms with Crippen molar-refractivity contribution in [2.45, 2.75) is 6.10 Å². The predicted octanol–water partition coefficient (Wildman–Crippen LogP) is 1.26. The van der Waals surface area contributed by atoms with Gasteiger partial charge in [-0.3, -0.25) is 0 Å². The van der Waals surface area contributed by atoms with Gasteiger partial charge in [0.25, 0.3) is 0 Å². The summed E-state index contributed by atoms with van der Waals surface area (Å²) in [6.45, 7) is 3.06. The van der Waals surface area contributed by atoms with Crippen molar-refractivity contribution < 1.29 is 9.15 Å². The first-order valence-corrected chi connectivity index (χ1v) is 7.74. The first-order valence-electron chi connectivity index (χ1n) is 7.74. The lowest BCUT2D eigenvalue weighted by Gasteiger charge is -2.23. The Balaban J connectivity index is 1.61. The number of nitrogens with one attached hydrogen (secondary N) is 2. The number of anilines is 1. The smallest absolute Gasteiger partial charge is 0.175 e. The highest BCUT2D eigenvalue weighted by molar-refractivity contribution is 5.72. The van der Waals surface area contributed by atoms with E-state index in [9.17, 15) is 5.26 Å². The molecular weight excluding hydrogens is 308 g/mol. The molecule has 4 rings (SSSR count). The SMILES string of the molecule is N#Cc1c(-c2ccco2)nn2ccc(NC[C@H]3CNCCO3)nc12. The highest BCUT2D eigenvalue weighted by atomic mass is 16.5. The van der Waals surface area contributed by atoms with Crippen molar-refractivity contribution in [1.29, 1.82) is 5.26 Å². The Labute approximate surface area is 138 Å². The minimum Gasteiger partial charge on any atom is -0.463 e. The number of fused-ring (bicyclic) bond motifs is 1. The molecule has 3 aromatic rings. The maximum atomic E-state index is 9.50. The second kappa shape index (κ2) is 6.31. The summed E-state index contributed by atoms with van der Waals surface area (Å²) >= 11 is 0. The molecule has 1 aliphatic rings. The van der Waals surface area contributed by atoms with Gasteiger partial charge >= 0.3 is 0 Å². The van der Waals surface area contributed by atoms with Crippen LogP contribution in [-0.2, 0) is 4.74 Å². The Morgan fingerprint density at radius 3 is 3.17 bits per heavy atom. The second-order valence-corrected chi connectivity index (χ2v) is 5.47. The number of hydrogen-bond acceptors (Lipinski definition) is 7.